The van der Waals surface area contributed by atoms with Gasteiger partial charge >= 0.3 is 12.1 Å². The van der Waals surface area contributed by atoms with Crippen LogP contribution in [0.15, 0.2) is 48.7 Å². The largest absolute Gasteiger partial charge is 0.490 e. The van der Waals surface area contributed by atoms with E-state index in [4.69, 9.17) is 15.6 Å². The number of fused-ring (bicyclic) bond motifs is 1. The predicted molar refractivity (Wildman–Crippen MR) is 111 cm³/mol. The first-order valence-corrected chi connectivity index (χ1v) is 9.36. The van der Waals surface area contributed by atoms with E-state index in [1.165, 1.54) is 0 Å². The number of carboxylic acids is 1. The third-order valence-corrected chi connectivity index (χ3v) is 4.30. The SMILES string of the molecule is Cc1cccc2nc(C(=O)Nc3ccc(-c4n[nH]c(CN)n4)cc3)cn12.O=C(O)C(F)(F)F. The van der Waals surface area contributed by atoms with Crippen molar-refractivity contribution in [3.8, 4) is 11.4 Å². The van der Waals surface area contributed by atoms with Crippen LogP contribution >= 0.6 is 0 Å². The fourth-order valence-corrected chi connectivity index (χ4v) is 2.67. The first-order valence-electron chi connectivity index (χ1n) is 9.36. The fourth-order valence-electron chi connectivity index (χ4n) is 2.67. The lowest BCUT2D eigenvalue weighted by Crippen LogP contribution is -2.21. The van der Waals surface area contributed by atoms with Gasteiger partial charge in [0.2, 0.25) is 0 Å². The number of hydrogen-bond acceptors (Lipinski definition) is 6. The van der Waals surface area contributed by atoms with Crippen molar-refractivity contribution in [2.75, 3.05) is 5.32 Å². The number of carboxylic acid groups (broad SMARTS) is 1. The number of aryl methyl sites for hydroxylation is 1. The maximum Gasteiger partial charge on any atom is 0.490 e. The van der Waals surface area contributed by atoms with Crippen LogP contribution in [0.25, 0.3) is 17.0 Å². The number of nitrogens with one attached hydrogen (secondary N) is 2. The van der Waals surface area contributed by atoms with Gasteiger partial charge in [-0.25, -0.2) is 14.8 Å². The minimum absolute atomic E-state index is 0.260. The number of anilines is 1. The number of aliphatic carboxylic acids is 1. The third-order valence-electron chi connectivity index (χ3n) is 4.30. The van der Waals surface area contributed by atoms with Gasteiger partial charge in [0.25, 0.3) is 5.91 Å². The number of H-pyrrole nitrogens is 1. The van der Waals surface area contributed by atoms with Crippen LogP contribution in [0.1, 0.15) is 22.0 Å². The predicted octanol–water partition coefficient (Wildman–Crippen LogP) is 2.77. The van der Waals surface area contributed by atoms with Crippen molar-refractivity contribution in [2.45, 2.75) is 19.6 Å². The Kier molecular flexibility index (Phi) is 6.72. The summed E-state index contributed by atoms with van der Waals surface area (Å²) in [6, 6.07) is 13.0. The number of imidazole rings is 1. The lowest BCUT2D eigenvalue weighted by atomic mass is 10.2. The summed E-state index contributed by atoms with van der Waals surface area (Å²) < 4.78 is 33.6. The number of rotatable bonds is 4. The number of carbonyl (C=O) groups excluding carboxylic acids is 1. The smallest absolute Gasteiger partial charge is 0.475 e. The number of halogens is 3. The molecule has 0 aliphatic rings. The Morgan fingerprint density at radius 2 is 1.82 bits per heavy atom. The normalized spacial score (nSPS) is 11.1. The molecular weight excluding hydrogens is 443 g/mol. The minimum atomic E-state index is -5.08. The molecule has 0 unspecified atom stereocenters. The highest BCUT2D eigenvalue weighted by molar-refractivity contribution is 6.03. The summed E-state index contributed by atoms with van der Waals surface area (Å²) in [5.41, 5.74) is 9.15. The van der Waals surface area contributed by atoms with Gasteiger partial charge in [-0.1, -0.05) is 6.07 Å². The fraction of sp³-hybridized carbons (Fsp3) is 0.150. The highest BCUT2D eigenvalue weighted by Crippen LogP contribution is 2.19. The van der Waals surface area contributed by atoms with Crippen molar-refractivity contribution in [3.05, 3.63) is 65.9 Å². The molecule has 0 aliphatic carbocycles. The number of pyridine rings is 1. The summed E-state index contributed by atoms with van der Waals surface area (Å²) in [6.45, 7) is 2.27. The number of alkyl halides is 3. The Labute approximate surface area is 184 Å². The zero-order valence-corrected chi connectivity index (χ0v) is 17.1. The molecule has 0 fully saturated rings. The summed E-state index contributed by atoms with van der Waals surface area (Å²) in [5.74, 6) is -1.82. The molecule has 3 heterocycles. The van der Waals surface area contributed by atoms with Gasteiger partial charge in [-0.15, -0.1) is 0 Å². The van der Waals surface area contributed by atoms with Crippen LogP contribution in [0.5, 0.6) is 0 Å². The summed E-state index contributed by atoms with van der Waals surface area (Å²) >= 11 is 0. The van der Waals surface area contributed by atoms with Crippen molar-refractivity contribution < 1.29 is 27.9 Å². The molecule has 4 aromatic rings. The van der Waals surface area contributed by atoms with Crippen LogP contribution in [0.2, 0.25) is 0 Å². The van der Waals surface area contributed by atoms with Crippen molar-refractivity contribution in [3.63, 3.8) is 0 Å². The molecule has 1 amide bonds. The average molecular weight is 461 g/mol. The van der Waals surface area contributed by atoms with E-state index in [0.717, 1.165) is 16.9 Å². The number of carbonyl (C=O) groups is 2. The van der Waals surface area contributed by atoms with Crippen LogP contribution in [0.3, 0.4) is 0 Å². The third kappa shape index (κ3) is 5.71. The maximum atomic E-state index is 12.5. The molecule has 172 valence electrons. The second-order valence-electron chi connectivity index (χ2n) is 6.67. The first-order chi connectivity index (χ1) is 15.6. The summed E-state index contributed by atoms with van der Waals surface area (Å²) in [5, 5.41) is 16.9. The summed E-state index contributed by atoms with van der Waals surface area (Å²) in [4.78, 5) is 30.0. The summed E-state index contributed by atoms with van der Waals surface area (Å²) in [7, 11) is 0. The van der Waals surface area contributed by atoms with E-state index in [1.54, 1.807) is 18.3 Å². The molecule has 0 atom stereocenters. The topological polar surface area (TPSA) is 151 Å². The Morgan fingerprint density at radius 3 is 2.36 bits per heavy atom. The Balaban J connectivity index is 0.000000383. The van der Waals surface area contributed by atoms with E-state index >= 15 is 0 Å². The van der Waals surface area contributed by atoms with Gasteiger partial charge in [0.15, 0.2) is 5.82 Å². The van der Waals surface area contributed by atoms with Crippen LogP contribution in [0.4, 0.5) is 18.9 Å². The molecule has 10 nitrogen and oxygen atoms in total. The number of nitrogens with zero attached hydrogens (tertiary/aromatic N) is 4. The minimum Gasteiger partial charge on any atom is -0.475 e. The number of amides is 1. The standard InChI is InChI=1S/C18H17N7O.C2HF3O2/c1-11-3-2-4-16-21-14(10-25(11)16)18(26)20-13-7-5-12(6-8-13)17-22-15(9-19)23-24-17;3-2(4,5)1(6)7/h2-8,10H,9,19H2,1H3,(H,20,26)(H,22,23,24);(H,6,7). The van der Waals surface area contributed by atoms with Gasteiger partial charge in [0.1, 0.15) is 17.2 Å². The van der Waals surface area contributed by atoms with Gasteiger partial charge in [-0.3, -0.25) is 9.89 Å². The van der Waals surface area contributed by atoms with E-state index in [-0.39, 0.29) is 5.91 Å². The number of aromatic nitrogens is 5. The second kappa shape index (κ2) is 9.48. The molecule has 13 heteroatoms. The molecule has 0 spiro atoms. The number of aromatic amines is 1. The van der Waals surface area contributed by atoms with Crippen LogP contribution in [-0.2, 0) is 11.3 Å². The Hall–Kier alpha value is -4.26. The molecular formula is C20H18F3N7O3. The lowest BCUT2D eigenvalue weighted by molar-refractivity contribution is -0.192. The molecule has 0 bridgehead atoms. The molecule has 4 rings (SSSR count). The quantitative estimate of drug-likeness (QED) is 0.365. The highest BCUT2D eigenvalue weighted by Gasteiger charge is 2.38. The van der Waals surface area contributed by atoms with Crippen LogP contribution in [0, 0.1) is 6.92 Å². The van der Waals surface area contributed by atoms with E-state index in [0.29, 0.717) is 29.6 Å². The Bertz CT molecular complexity index is 1280. The molecule has 0 aliphatic heterocycles. The number of benzene rings is 1. The van der Waals surface area contributed by atoms with Gasteiger partial charge in [-0.2, -0.15) is 18.3 Å². The Morgan fingerprint density at radius 1 is 1.15 bits per heavy atom. The average Bonchev–Trinajstić information content (AvgIpc) is 3.42. The van der Waals surface area contributed by atoms with E-state index in [2.05, 4.69) is 25.5 Å². The second-order valence-corrected chi connectivity index (χ2v) is 6.67. The monoisotopic (exact) mass is 461 g/mol. The molecule has 0 saturated heterocycles. The molecule has 33 heavy (non-hydrogen) atoms. The molecule has 0 saturated carbocycles. The van der Waals surface area contributed by atoms with Crippen molar-refractivity contribution in [1.82, 2.24) is 24.6 Å². The van der Waals surface area contributed by atoms with Gasteiger partial charge < -0.3 is 20.6 Å². The molecule has 5 N–H and O–H groups in total. The molecule has 1 aromatic carbocycles. The van der Waals surface area contributed by atoms with Gasteiger partial charge in [0, 0.05) is 23.1 Å². The lowest BCUT2D eigenvalue weighted by Gasteiger charge is -2.03. The van der Waals surface area contributed by atoms with Crippen molar-refractivity contribution in [1.29, 1.82) is 0 Å². The highest BCUT2D eigenvalue weighted by atomic mass is 19.4. The molecule has 0 radical (unpaired) electrons. The van der Waals surface area contributed by atoms with E-state index < -0.39 is 12.1 Å². The van der Waals surface area contributed by atoms with Gasteiger partial charge in [-0.05, 0) is 43.3 Å². The van der Waals surface area contributed by atoms with Crippen LogP contribution < -0.4 is 11.1 Å². The van der Waals surface area contributed by atoms with E-state index in [1.807, 2.05) is 41.7 Å². The molecule has 3 aromatic heterocycles. The summed E-state index contributed by atoms with van der Waals surface area (Å²) in [6.07, 6.45) is -3.35. The number of hydrogen-bond donors (Lipinski definition) is 4. The zero-order valence-electron chi connectivity index (χ0n) is 17.1. The maximum absolute atomic E-state index is 12.5. The van der Waals surface area contributed by atoms with Crippen LogP contribution in [-0.4, -0.2) is 47.7 Å². The first kappa shape index (κ1) is 23.4. The number of nitrogens with two attached hydrogens (primary N) is 1. The van der Waals surface area contributed by atoms with E-state index in [9.17, 15) is 18.0 Å². The van der Waals surface area contributed by atoms with Crippen molar-refractivity contribution in [2.24, 2.45) is 5.73 Å². The zero-order chi connectivity index (χ0) is 24.2. The van der Waals surface area contributed by atoms with Gasteiger partial charge in [0.05, 0.1) is 6.54 Å². The van der Waals surface area contributed by atoms with Crippen molar-refractivity contribution >= 4 is 23.2 Å².